The van der Waals surface area contributed by atoms with Gasteiger partial charge in [-0.15, -0.1) is 0 Å². The number of hydrogen-bond acceptors (Lipinski definition) is 6. The monoisotopic (exact) mass is 280 g/mol. The number of fused-ring (bicyclic) bond motifs is 1. The van der Waals surface area contributed by atoms with E-state index in [2.05, 4.69) is 36.1 Å². The van der Waals surface area contributed by atoms with Crippen molar-refractivity contribution in [2.45, 2.75) is 0 Å². The van der Waals surface area contributed by atoms with E-state index in [1.165, 1.54) is 6.07 Å². The molecular weight excluding hydrogens is 262 g/mol. The van der Waals surface area contributed by atoms with Crippen molar-refractivity contribution in [1.82, 2.24) is 10.3 Å². The molecule has 8 heteroatoms. The number of anilines is 1. The van der Waals surface area contributed by atoms with Crippen LogP contribution in [0.25, 0.3) is 11.0 Å². The number of hydrogen-bond donors (Lipinski definition) is 0. The third-order valence-corrected chi connectivity index (χ3v) is 3.09. The molecule has 0 amide bonds. The van der Waals surface area contributed by atoms with Gasteiger partial charge < -0.3 is 9.38 Å². The number of nitro groups is 1. The Hall–Kier alpha value is -2.22. The normalized spacial score (nSPS) is 11.8. The zero-order chi connectivity index (χ0) is 14.9. The van der Waals surface area contributed by atoms with Crippen LogP contribution in [0, 0.1) is 10.1 Å². The fourth-order valence-electron chi connectivity index (χ4n) is 1.87. The first-order chi connectivity index (χ1) is 9.29. The lowest BCUT2D eigenvalue weighted by Crippen LogP contribution is -2.41. The van der Waals surface area contributed by atoms with Crippen LogP contribution in [-0.4, -0.2) is 61.0 Å². The number of rotatable bonds is 5. The van der Waals surface area contributed by atoms with Crippen molar-refractivity contribution in [2.24, 2.45) is 0 Å². The summed E-state index contributed by atoms with van der Waals surface area (Å²) in [5, 5.41) is 18.4. The zero-order valence-electron chi connectivity index (χ0n) is 12.0. The Morgan fingerprint density at radius 1 is 1.30 bits per heavy atom. The van der Waals surface area contributed by atoms with Gasteiger partial charge in [0.1, 0.15) is 0 Å². The lowest BCUT2D eigenvalue weighted by molar-refractivity contribution is -0.868. The molecule has 1 aromatic heterocycles. The SMILES string of the molecule is CN(CC[N+](C)(C)C)c1ccc([N+](=O)[O-])c2nonc12. The van der Waals surface area contributed by atoms with Crippen molar-refractivity contribution in [2.75, 3.05) is 46.2 Å². The molecule has 20 heavy (non-hydrogen) atoms. The molecule has 0 aliphatic carbocycles. The van der Waals surface area contributed by atoms with Crippen molar-refractivity contribution in [3.8, 4) is 0 Å². The van der Waals surface area contributed by atoms with Gasteiger partial charge >= 0.3 is 5.69 Å². The van der Waals surface area contributed by atoms with Gasteiger partial charge in [-0.1, -0.05) is 0 Å². The van der Waals surface area contributed by atoms with Gasteiger partial charge in [-0.25, -0.2) is 4.63 Å². The van der Waals surface area contributed by atoms with Crippen LogP contribution in [0.4, 0.5) is 11.4 Å². The van der Waals surface area contributed by atoms with E-state index in [0.717, 1.165) is 23.3 Å². The molecule has 2 aromatic rings. The highest BCUT2D eigenvalue weighted by atomic mass is 16.6. The van der Waals surface area contributed by atoms with Gasteiger partial charge in [0.15, 0.2) is 5.52 Å². The fourth-order valence-corrected chi connectivity index (χ4v) is 1.87. The molecule has 0 fully saturated rings. The molecular formula is C12H18N5O3+. The lowest BCUT2D eigenvalue weighted by Gasteiger charge is -2.27. The molecule has 0 N–H and O–H groups in total. The van der Waals surface area contributed by atoms with Crippen LogP contribution < -0.4 is 4.90 Å². The fraction of sp³-hybridized carbons (Fsp3) is 0.500. The molecule has 0 unspecified atom stereocenters. The zero-order valence-corrected chi connectivity index (χ0v) is 12.0. The lowest BCUT2D eigenvalue weighted by atomic mass is 10.2. The van der Waals surface area contributed by atoms with Gasteiger partial charge in [0.05, 0.1) is 44.8 Å². The summed E-state index contributed by atoms with van der Waals surface area (Å²) in [6.07, 6.45) is 0. The molecule has 108 valence electrons. The summed E-state index contributed by atoms with van der Waals surface area (Å²) in [6, 6.07) is 3.12. The summed E-state index contributed by atoms with van der Waals surface area (Å²) in [5.74, 6) is 0. The Labute approximate surface area is 116 Å². The Kier molecular flexibility index (Phi) is 3.58. The molecule has 8 nitrogen and oxygen atoms in total. The van der Waals surface area contributed by atoms with Crippen molar-refractivity contribution in [3.63, 3.8) is 0 Å². The Balaban J connectivity index is 2.34. The predicted octanol–water partition coefficient (Wildman–Crippen LogP) is 1.27. The number of quaternary nitrogens is 1. The smallest absolute Gasteiger partial charge is 0.300 e. The van der Waals surface area contributed by atoms with Gasteiger partial charge in [-0.2, -0.15) is 0 Å². The second-order valence-electron chi connectivity index (χ2n) is 5.76. The van der Waals surface area contributed by atoms with E-state index < -0.39 is 4.92 Å². The molecule has 0 atom stereocenters. The molecule has 0 radical (unpaired) electrons. The third-order valence-electron chi connectivity index (χ3n) is 3.09. The molecule has 0 saturated heterocycles. The van der Waals surface area contributed by atoms with Gasteiger partial charge in [0.2, 0.25) is 5.52 Å². The second-order valence-corrected chi connectivity index (χ2v) is 5.76. The van der Waals surface area contributed by atoms with E-state index in [-0.39, 0.29) is 11.2 Å². The van der Waals surface area contributed by atoms with Crippen LogP contribution in [0.3, 0.4) is 0 Å². The summed E-state index contributed by atoms with van der Waals surface area (Å²) in [4.78, 5) is 12.4. The van der Waals surface area contributed by atoms with Crippen LogP contribution in [0.1, 0.15) is 0 Å². The number of nitrogens with zero attached hydrogens (tertiary/aromatic N) is 5. The maximum atomic E-state index is 10.9. The van der Waals surface area contributed by atoms with E-state index in [0.29, 0.717) is 5.52 Å². The van der Waals surface area contributed by atoms with Crippen LogP contribution in [0.5, 0.6) is 0 Å². The minimum Gasteiger partial charge on any atom is -0.367 e. The molecule has 0 saturated carbocycles. The highest BCUT2D eigenvalue weighted by molar-refractivity contribution is 5.93. The molecule has 1 heterocycles. The summed E-state index contributed by atoms with van der Waals surface area (Å²) >= 11 is 0. The Morgan fingerprint density at radius 2 is 1.95 bits per heavy atom. The van der Waals surface area contributed by atoms with E-state index in [9.17, 15) is 10.1 Å². The molecule has 0 spiro atoms. The predicted molar refractivity (Wildman–Crippen MR) is 74.6 cm³/mol. The topological polar surface area (TPSA) is 85.3 Å². The van der Waals surface area contributed by atoms with E-state index >= 15 is 0 Å². The number of benzene rings is 1. The minimum atomic E-state index is -0.484. The quantitative estimate of drug-likeness (QED) is 0.466. The molecule has 1 aromatic carbocycles. The maximum Gasteiger partial charge on any atom is 0.300 e. The standard InChI is InChI=1S/C12H18N5O3/c1-15(7-8-17(2,3)4)9-5-6-10(16(18)19)12-11(9)13-20-14-12/h5-6H,7-8H2,1-4H3/q+1. The van der Waals surface area contributed by atoms with Crippen molar-refractivity contribution in [1.29, 1.82) is 0 Å². The first-order valence-corrected chi connectivity index (χ1v) is 6.21. The number of nitro benzene ring substituents is 1. The molecule has 0 aliphatic rings. The largest absolute Gasteiger partial charge is 0.367 e. The highest BCUT2D eigenvalue weighted by Crippen LogP contribution is 2.30. The number of aromatic nitrogens is 2. The van der Waals surface area contributed by atoms with Crippen LogP contribution in [0.2, 0.25) is 0 Å². The molecule has 0 bridgehead atoms. The average Bonchev–Trinajstić information content (AvgIpc) is 2.82. The van der Waals surface area contributed by atoms with E-state index in [1.54, 1.807) is 6.07 Å². The molecule has 2 rings (SSSR count). The van der Waals surface area contributed by atoms with Crippen molar-refractivity contribution in [3.05, 3.63) is 22.2 Å². The molecule has 0 aliphatic heterocycles. The summed E-state index contributed by atoms with van der Waals surface area (Å²) < 4.78 is 5.49. The van der Waals surface area contributed by atoms with Crippen LogP contribution in [-0.2, 0) is 0 Å². The summed E-state index contributed by atoms with van der Waals surface area (Å²) in [7, 11) is 8.25. The van der Waals surface area contributed by atoms with Gasteiger partial charge in [-0.05, 0) is 16.4 Å². The Bertz CT molecular complexity index is 632. The Morgan fingerprint density at radius 3 is 2.55 bits per heavy atom. The second kappa shape index (κ2) is 5.04. The first kappa shape index (κ1) is 14.2. The third kappa shape index (κ3) is 2.85. The van der Waals surface area contributed by atoms with E-state index in [1.807, 2.05) is 11.9 Å². The van der Waals surface area contributed by atoms with Gasteiger partial charge in [0.25, 0.3) is 0 Å². The summed E-state index contributed by atoms with van der Waals surface area (Å²) in [5.41, 5.74) is 1.29. The first-order valence-electron chi connectivity index (χ1n) is 6.21. The van der Waals surface area contributed by atoms with Gasteiger partial charge in [-0.3, -0.25) is 10.1 Å². The minimum absolute atomic E-state index is 0.0926. The average molecular weight is 280 g/mol. The van der Waals surface area contributed by atoms with Crippen molar-refractivity contribution >= 4 is 22.4 Å². The van der Waals surface area contributed by atoms with Crippen molar-refractivity contribution < 1.29 is 14.0 Å². The maximum absolute atomic E-state index is 10.9. The van der Waals surface area contributed by atoms with Gasteiger partial charge in [0, 0.05) is 13.1 Å². The van der Waals surface area contributed by atoms with E-state index in [4.69, 9.17) is 0 Å². The summed E-state index contributed by atoms with van der Waals surface area (Å²) in [6.45, 7) is 1.73. The number of likely N-dealkylation sites (N-methyl/N-ethyl adjacent to an activating group) is 2. The highest BCUT2D eigenvalue weighted by Gasteiger charge is 2.21. The van der Waals surface area contributed by atoms with Crippen LogP contribution >= 0.6 is 0 Å². The number of non-ortho nitro benzene ring substituents is 1. The van der Waals surface area contributed by atoms with Crippen LogP contribution in [0.15, 0.2) is 16.8 Å².